The minimum atomic E-state index is -0.698. The van der Waals surface area contributed by atoms with E-state index in [1.54, 1.807) is 30.3 Å². The highest BCUT2D eigenvalue weighted by molar-refractivity contribution is 6.30. The zero-order valence-electron chi connectivity index (χ0n) is 8.48. The summed E-state index contributed by atoms with van der Waals surface area (Å²) >= 11 is 5.80. The minimum absolute atomic E-state index is 0.135. The van der Waals surface area contributed by atoms with Gasteiger partial charge in [0, 0.05) is 11.2 Å². The van der Waals surface area contributed by atoms with Crippen molar-refractivity contribution in [2.24, 2.45) is 0 Å². The average Bonchev–Trinajstić information content (AvgIpc) is 2.29. The molecule has 0 radical (unpaired) electrons. The third-order valence-electron chi connectivity index (χ3n) is 2.15. The molecule has 0 amide bonds. The summed E-state index contributed by atoms with van der Waals surface area (Å²) in [7, 11) is 0. The molecule has 0 bridgehead atoms. The van der Waals surface area contributed by atoms with Gasteiger partial charge >= 0.3 is 5.69 Å². The number of nitriles is 1. The first kappa shape index (κ1) is 11.2. The number of aromatic nitrogens is 2. The highest BCUT2D eigenvalue weighted by atomic mass is 35.5. The number of H-pyrrole nitrogens is 1. The maximum absolute atomic E-state index is 11.6. The van der Waals surface area contributed by atoms with Crippen molar-refractivity contribution in [3.63, 3.8) is 0 Å². The number of aromatic amines is 1. The second-order valence-corrected chi connectivity index (χ2v) is 3.70. The lowest BCUT2D eigenvalue weighted by atomic mass is 10.3. The summed E-state index contributed by atoms with van der Waals surface area (Å²) in [5, 5.41) is 9.18. The number of hydrogen-bond donors (Lipinski definition) is 1. The van der Waals surface area contributed by atoms with Crippen LogP contribution in [-0.2, 0) is 0 Å². The van der Waals surface area contributed by atoms with Crippen molar-refractivity contribution < 1.29 is 0 Å². The van der Waals surface area contributed by atoms with Crippen LogP contribution in [0.25, 0.3) is 5.69 Å². The molecule has 5 nitrogen and oxygen atoms in total. The van der Waals surface area contributed by atoms with E-state index in [1.807, 2.05) is 0 Å². The van der Waals surface area contributed by atoms with Crippen LogP contribution in [0.2, 0.25) is 5.02 Å². The Morgan fingerprint density at radius 2 is 2.12 bits per heavy atom. The van der Waals surface area contributed by atoms with Gasteiger partial charge < -0.3 is 0 Å². The summed E-state index contributed by atoms with van der Waals surface area (Å²) < 4.78 is 1.16. The van der Waals surface area contributed by atoms with Gasteiger partial charge in [-0.15, -0.1) is 0 Å². The lowest BCUT2D eigenvalue weighted by Gasteiger charge is -2.04. The van der Waals surface area contributed by atoms with Gasteiger partial charge in [0.2, 0.25) is 0 Å². The SMILES string of the molecule is N#Cc1cn(-c2cccc(Cl)c2)c(=O)[nH]c1=O. The minimum Gasteiger partial charge on any atom is -0.273 e. The molecule has 1 aromatic heterocycles. The summed E-state index contributed by atoms with van der Waals surface area (Å²) in [6.45, 7) is 0. The third-order valence-corrected chi connectivity index (χ3v) is 2.38. The van der Waals surface area contributed by atoms with Crippen LogP contribution < -0.4 is 11.2 Å². The van der Waals surface area contributed by atoms with Crippen LogP contribution >= 0.6 is 11.6 Å². The Kier molecular flexibility index (Phi) is 2.81. The second-order valence-electron chi connectivity index (χ2n) is 3.26. The quantitative estimate of drug-likeness (QED) is 0.818. The number of nitrogens with one attached hydrogen (secondary N) is 1. The lowest BCUT2D eigenvalue weighted by Crippen LogP contribution is -2.30. The van der Waals surface area contributed by atoms with Gasteiger partial charge in [0.05, 0.1) is 5.69 Å². The maximum atomic E-state index is 11.6. The largest absolute Gasteiger partial charge is 0.332 e. The van der Waals surface area contributed by atoms with Crippen LogP contribution in [0.5, 0.6) is 0 Å². The molecule has 0 unspecified atom stereocenters. The fourth-order valence-corrected chi connectivity index (χ4v) is 1.55. The van der Waals surface area contributed by atoms with Crippen molar-refractivity contribution in [2.45, 2.75) is 0 Å². The molecule has 0 aliphatic carbocycles. The molecule has 6 heteroatoms. The zero-order valence-corrected chi connectivity index (χ0v) is 9.23. The highest BCUT2D eigenvalue weighted by Crippen LogP contribution is 2.12. The normalized spacial score (nSPS) is 9.88. The molecule has 0 aliphatic rings. The van der Waals surface area contributed by atoms with Gasteiger partial charge in [-0.1, -0.05) is 17.7 Å². The smallest absolute Gasteiger partial charge is 0.273 e. The van der Waals surface area contributed by atoms with Gasteiger partial charge in [0.15, 0.2) is 0 Å². The summed E-state index contributed by atoms with van der Waals surface area (Å²) in [6, 6.07) is 8.24. The van der Waals surface area contributed by atoms with Crippen LogP contribution in [0, 0.1) is 11.3 Å². The first-order valence-electron chi connectivity index (χ1n) is 4.64. The van der Waals surface area contributed by atoms with E-state index in [9.17, 15) is 9.59 Å². The number of hydrogen-bond acceptors (Lipinski definition) is 3. The number of nitrogens with zero attached hydrogens (tertiary/aromatic N) is 2. The molecule has 2 rings (SSSR count). The van der Waals surface area contributed by atoms with E-state index in [-0.39, 0.29) is 5.56 Å². The molecule has 0 spiro atoms. The molecule has 0 atom stereocenters. The molecule has 2 aromatic rings. The summed E-state index contributed by atoms with van der Waals surface area (Å²) in [4.78, 5) is 24.8. The molecule has 0 fully saturated rings. The molecule has 84 valence electrons. The molecule has 1 N–H and O–H groups in total. The molecular weight excluding hydrogens is 242 g/mol. The Balaban J connectivity index is 2.73. The topological polar surface area (TPSA) is 78.7 Å². The van der Waals surface area contributed by atoms with Gasteiger partial charge in [-0.25, -0.2) is 4.79 Å². The molecule has 17 heavy (non-hydrogen) atoms. The second kappa shape index (κ2) is 4.28. The van der Waals surface area contributed by atoms with Crippen LogP contribution in [0.1, 0.15) is 5.56 Å². The fraction of sp³-hybridized carbons (Fsp3) is 0. The van der Waals surface area contributed by atoms with Crippen LogP contribution in [0.3, 0.4) is 0 Å². The van der Waals surface area contributed by atoms with E-state index in [1.165, 1.54) is 6.20 Å². The van der Waals surface area contributed by atoms with Crippen LogP contribution in [-0.4, -0.2) is 9.55 Å². The van der Waals surface area contributed by atoms with Crippen molar-refractivity contribution in [2.75, 3.05) is 0 Å². The number of rotatable bonds is 1. The lowest BCUT2D eigenvalue weighted by molar-refractivity contribution is 0.889. The highest BCUT2D eigenvalue weighted by Gasteiger charge is 2.05. The Morgan fingerprint density at radius 3 is 2.76 bits per heavy atom. The van der Waals surface area contributed by atoms with Gasteiger partial charge in [-0.05, 0) is 18.2 Å². The molecule has 0 saturated heterocycles. The number of halogens is 1. The third kappa shape index (κ3) is 2.12. The van der Waals surface area contributed by atoms with Crippen molar-refractivity contribution in [1.29, 1.82) is 5.26 Å². The van der Waals surface area contributed by atoms with Gasteiger partial charge in [0.1, 0.15) is 11.6 Å². The van der Waals surface area contributed by atoms with Crippen LogP contribution in [0.4, 0.5) is 0 Å². The van der Waals surface area contributed by atoms with Gasteiger partial charge in [-0.2, -0.15) is 5.26 Å². The van der Waals surface area contributed by atoms with Gasteiger partial charge in [-0.3, -0.25) is 14.3 Å². The predicted octanol–water partition coefficient (Wildman–Crippen LogP) is 1.05. The van der Waals surface area contributed by atoms with Crippen molar-refractivity contribution in [3.8, 4) is 11.8 Å². The van der Waals surface area contributed by atoms with Crippen LogP contribution in [0.15, 0.2) is 40.1 Å². The Morgan fingerprint density at radius 1 is 1.35 bits per heavy atom. The molecule has 1 heterocycles. The van der Waals surface area contributed by atoms with E-state index in [2.05, 4.69) is 4.98 Å². The summed E-state index contributed by atoms with van der Waals surface area (Å²) in [5.74, 6) is 0. The maximum Gasteiger partial charge on any atom is 0.332 e. The first-order chi connectivity index (χ1) is 8.11. The van der Waals surface area contributed by atoms with E-state index >= 15 is 0 Å². The Labute approximate surface area is 101 Å². The Hall–Kier alpha value is -2.32. The first-order valence-corrected chi connectivity index (χ1v) is 5.01. The zero-order chi connectivity index (χ0) is 12.4. The van der Waals surface area contributed by atoms with E-state index < -0.39 is 11.2 Å². The monoisotopic (exact) mass is 247 g/mol. The molecule has 0 aliphatic heterocycles. The van der Waals surface area contributed by atoms with Gasteiger partial charge in [0.25, 0.3) is 5.56 Å². The summed E-state index contributed by atoms with van der Waals surface area (Å²) in [5.41, 5.74) is -0.966. The average molecular weight is 248 g/mol. The van der Waals surface area contributed by atoms with E-state index in [0.29, 0.717) is 10.7 Å². The summed E-state index contributed by atoms with van der Waals surface area (Å²) in [6.07, 6.45) is 1.19. The number of benzene rings is 1. The van der Waals surface area contributed by atoms with Crippen molar-refractivity contribution in [1.82, 2.24) is 9.55 Å². The van der Waals surface area contributed by atoms with Crippen molar-refractivity contribution >= 4 is 11.6 Å². The predicted molar refractivity (Wildman–Crippen MR) is 62.4 cm³/mol. The standard InChI is InChI=1S/C11H6ClN3O2/c12-8-2-1-3-9(4-8)15-6-7(5-13)10(16)14-11(15)17/h1-4,6H,(H,14,16,17). The van der Waals surface area contributed by atoms with Crippen molar-refractivity contribution in [3.05, 3.63) is 61.9 Å². The van der Waals surface area contributed by atoms with E-state index in [4.69, 9.17) is 16.9 Å². The molecule has 0 saturated carbocycles. The van der Waals surface area contributed by atoms with E-state index in [0.717, 1.165) is 4.57 Å². The fourth-order valence-electron chi connectivity index (χ4n) is 1.37. The Bertz CT molecular complexity index is 724. The molecular formula is C11H6ClN3O2. The molecule has 1 aromatic carbocycles.